The summed E-state index contributed by atoms with van der Waals surface area (Å²) in [4.78, 5) is 23.4. The van der Waals surface area contributed by atoms with Gasteiger partial charge in [-0.15, -0.1) is 6.58 Å². The molecule has 1 fully saturated rings. The number of allylic oxidation sites excluding steroid dienone is 1. The van der Waals surface area contributed by atoms with Gasteiger partial charge in [0.2, 0.25) is 0 Å². The highest BCUT2D eigenvalue weighted by atomic mass is 16.5. The maximum Gasteiger partial charge on any atom is 0.326 e. The van der Waals surface area contributed by atoms with E-state index in [0.29, 0.717) is 32.3 Å². The average molecular weight is 269 g/mol. The minimum atomic E-state index is -1.01. The summed E-state index contributed by atoms with van der Waals surface area (Å²) < 4.78 is 5.61. The van der Waals surface area contributed by atoms with E-state index in [4.69, 9.17) is 9.84 Å². The number of ether oxygens (including phenoxy) is 1. The molecular formula is C14H23NO4. The Morgan fingerprint density at radius 2 is 2.11 bits per heavy atom. The minimum Gasteiger partial charge on any atom is -0.480 e. The highest BCUT2D eigenvalue weighted by Gasteiger charge is 2.43. The Kier molecular flexibility index (Phi) is 6.02. The molecule has 5 heteroatoms. The van der Waals surface area contributed by atoms with Crippen LogP contribution in [0.3, 0.4) is 0 Å². The van der Waals surface area contributed by atoms with E-state index >= 15 is 0 Å². The van der Waals surface area contributed by atoms with Crippen LogP contribution in [-0.4, -0.2) is 35.2 Å². The third kappa shape index (κ3) is 4.06. The first-order valence-electron chi connectivity index (χ1n) is 6.84. The summed E-state index contributed by atoms with van der Waals surface area (Å²) >= 11 is 0. The van der Waals surface area contributed by atoms with Crippen LogP contribution in [0.1, 0.15) is 45.4 Å². The van der Waals surface area contributed by atoms with Crippen molar-refractivity contribution in [3.05, 3.63) is 12.7 Å². The third-order valence-corrected chi connectivity index (χ3v) is 3.51. The lowest BCUT2D eigenvalue weighted by Crippen LogP contribution is -2.52. The molecule has 0 spiro atoms. The van der Waals surface area contributed by atoms with Crippen molar-refractivity contribution in [1.29, 1.82) is 0 Å². The summed E-state index contributed by atoms with van der Waals surface area (Å²) in [5.74, 6) is -1.30. The molecule has 0 aromatic heterocycles. The number of nitrogens with one attached hydrogen (secondary N) is 1. The summed E-state index contributed by atoms with van der Waals surface area (Å²) in [6.07, 6.45) is 5.78. The maximum atomic E-state index is 12.3. The fourth-order valence-electron chi connectivity index (χ4n) is 2.49. The normalized spacial score (nSPS) is 18.8. The fourth-order valence-corrected chi connectivity index (χ4v) is 2.49. The van der Waals surface area contributed by atoms with Crippen molar-refractivity contribution in [2.24, 2.45) is 0 Å². The summed E-state index contributed by atoms with van der Waals surface area (Å²) in [6, 6.07) is -0.872. The molecular weight excluding hydrogens is 246 g/mol. The first-order chi connectivity index (χ1) is 9.05. The lowest BCUT2D eigenvalue weighted by atomic mass is 9.99. The number of hydrogen-bond acceptors (Lipinski definition) is 3. The van der Waals surface area contributed by atoms with E-state index in [9.17, 15) is 9.59 Å². The van der Waals surface area contributed by atoms with Crippen LogP contribution in [0.5, 0.6) is 0 Å². The Bertz CT molecular complexity index is 334. The molecule has 1 atom stereocenters. The largest absolute Gasteiger partial charge is 0.480 e. The molecule has 5 nitrogen and oxygen atoms in total. The molecule has 19 heavy (non-hydrogen) atoms. The van der Waals surface area contributed by atoms with Crippen molar-refractivity contribution < 1.29 is 19.4 Å². The lowest BCUT2D eigenvalue weighted by Gasteiger charge is -2.29. The predicted octanol–water partition coefficient (Wildman–Crippen LogP) is 1.87. The van der Waals surface area contributed by atoms with Gasteiger partial charge in [-0.05, 0) is 45.4 Å². The van der Waals surface area contributed by atoms with Gasteiger partial charge in [-0.2, -0.15) is 0 Å². The Balaban J connectivity index is 2.68. The van der Waals surface area contributed by atoms with E-state index in [2.05, 4.69) is 11.9 Å². The van der Waals surface area contributed by atoms with Crippen molar-refractivity contribution in [2.45, 2.75) is 57.1 Å². The second-order valence-electron chi connectivity index (χ2n) is 4.86. The van der Waals surface area contributed by atoms with E-state index < -0.39 is 17.6 Å². The van der Waals surface area contributed by atoms with E-state index in [1.54, 1.807) is 6.08 Å². The highest BCUT2D eigenvalue weighted by Crippen LogP contribution is 2.33. The molecule has 1 amide bonds. The Hall–Kier alpha value is -1.36. The van der Waals surface area contributed by atoms with Gasteiger partial charge in [0.25, 0.3) is 5.91 Å². The number of amides is 1. The van der Waals surface area contributed by atoms with Crippen LogP contribution in [0.15, 0.2) is 12.7 Å². The molecule has 0 saturated heterocycles. The van der Waals surface area contributed by atoms with Crippen LogP contribution in [0.2, 0.25) is 0 Å². The van der Waals surface area contributed by atoms with Gasteiger partial charge in [-0.3, -0.25) is 4.79 Å². The van der Waals surface area contributed by atoms with Crippen LogP contribution in [0.4, 0.5) is 0 Å². The number of hydrogen-bond donors (Lipinski definition) is 2. The fraction of sp³-hybridized carbons (Fsp3) is 0.714. The summed E-state index contributed by atoms with van der Waals surface area (Å²) in [5.41, 5.74) is -0.823. The molecule has 1 unspecified atom stereocenters. The quantitative estimate of drug-likeness (QED) is 0.660. The van der Waals surface area contributed by atoms with E-state index in [0.717, 1.165) is 12.8 Å². The summed E-state index contributed by atoms with van der Waals surface area (Å²) in [5, 5.41) is 11.7. The minimum absolute atomic E-state index is 0.289. The van der Waals surface area contributed by atoms with E-state index in [1.807, 2.05) is 6.92 Å². The molecule has 0 aliphatic heterocycles. The SMILES string of the molecule is C=CCCC(NC(=O)C1(OCC)CCCC1)C(=O)O. The van der Waals surface area contributed by atoms with Crippen molar-refractivity contribution in [2.75, 3.05) is 6.61 Å². The Morgan fingerprint density at radius 3 is 2.58 bits per heavy atom. The van der Waals surface area contributed by atoms with Crippen LogP contribution in [0.25, 0.3) is 0 Å². The zero-order chi connectivity index (χ0) is 14.3. The summed E-state index contributed by atoms with van der Waals surface area (Å²) in [6.45, 7) is 5.86. The van der Waals surface area contributed by atoms with Crippen molar-refractivity contribution in [3.8, 4) is 0 Å². The Morgan fingerprint density at radius 1 is 1.47 bits per heavy atom. The number of carboxylic acids is 1. The molecule has 0 aromatic carbocycles. The second-order valence-corrected chi connectivity index (χ2v) is 4.86. The molecule has 2 N–H and O–H groups in total. The number of carboxylic acid groups (broad SMARTS) is 1. The van der Waals surface area contributed by atoms with Crippen LogP contribution in [-0.2, 0) is 14.3 Å². The monoisotopic (exact) mass is 269 g/mol. The molecule has 0 bridgehead atoms. The Labute approximate surface area is 114 Å². The third-order valence-electron chi connectivity index (χ3n) is 3.51. The van der Waals surface area contributed by atoms with Gasteiger partial charge < -0.3 is 15.2 Å². The highest BCUT2D eigenvalue weighted by molar-refractivity contribution is 5.89. The van der Waals surface area contributed by atoms with Gasteiger partial charge in [-0.1, -0.05) is 6.08 Å². The van der Waals surface area contributed by atoms with Gasteiger partial charge in [-0.25, -0.2) is 4.79 Å². The van der Waals surface area contributed by atoms with Crippen LogP contribution < -0.4 is 5.32 Å². The first-order valence-corrected chi connectivity index (χ1v) is 6.84. The lowest BCUT2D eigenvalue weighted by molar-refractivity contribution is -0.151. The van der Waals surface area contributed by atoms with Gasteiger partial charge in [0.15, 0.2) is 0 Å². The van der Waals surface area contributed by atoms with Crippen molar-refractivity contribution in [1.82, 2.24) is 5.32 Å². The molecule has 108 valence electrons. The molecule has 1 saturated carbocycles. The predicted molar refractivity (Wildman–Crippen MR) is 71.8 cm³/mol. The average Bonchev–Trinajstić information content (AvgIpc) is 2.84. The van der Waals surface area contributed by atoms with E-state index in [-0.39, 0.29) is 5.91 Å². The molecule has 0 heterocycles. The van der Waals surface area contributed by atoms with Crippen molar-refractivity contribution in [3.63, 3.8) is 0 Å². The molecule has 0 radical (unpaired) electrons. The van der Waals surface area contributed by atoms with Crippen LogP contribution in [0, 0.1) is 0 Å². The van der Waals surface area contributed by atoms with Gasteiger partial charge in [0.05, 0.1) is 0 Å². The molecule has 1 aliphatic rings. The van der Waals surface area contributed by atoms with Gasteiger partial charge in [0, 0.05) is 6.61 Å². The molecule has 0 aromatic rings. The van der Waals surface area contributed by atoms with Gasteiger partial charge >= 0.3 is 5.97 Å². The zero-order valence-corrected chi connectivity index (χ0v) is 11.5. The van der Waals surface area contributed by atoms with Crippen LogP contribution >= 0.6 is 0 Å². The number of carbonyl (C=O) groups is 2. The number of carbonyl (C=O) groups excluding carboxylic acids is 1. The zero-order valence-electron chi connectivity index (χ0n) is 11.5. The topological polar surface area (TPSA) is 75.6 Å². The first kappa shape index (κ1) is 15.7. The number of rotatable bonds is 8. The standard InChI is InChI=1S/C14H23NO4/c1-3-5-8-11(12(16)17)15-13(18)14(19-4-2)9-6-7-10-14/h3,11H,1,4-10H2,2H3,(H,15,18)(H,16,17). The summed E-state index contributed by atoms with van der Waals surface area (Å²) in [7, 11) is 0. The smallest absolute Gasteiger partial charge is 0.326 e. The van der Waals surface area contributed by atoms with E-state index in [1.165, 1.54) is 0 Å². The van der Waals surface area contributed by atoms with Gasteiger partial charge in [0.1, 0.15) is 11.6 Å². The van der Waals surface area contributed by atoms with Crippen molar-refractivity contribution >= 4 is 11.9 Å². The maximum absolute atomic E-state index is 12.3. The molecule has 1 rings (SSSR count). The molecule has 1 aliphatic carbocycles. The number of aliphatic carboxylic acids is 1. The second kappa shape index (κ2) is 7.28.